The quantitative estimate of drug-likeness (QED) is 0.784. The minimum atomic E-state index is -0.454. The summed E-state index contributed by atoms with van der Waals surface area (Å²) in [6, 6.07) is 0. The molecule has 6 heteroatoms. The van der Waals surface area contributed by atoms with Gasteiger partial charge in [-0.15, -0.1) is 0 Å². The van der Waals surface area contributed by atoms with Gasteiger partial charge >= 0.3 is 5.69 Å². The van der Waals surface area contributed by atoms with Crippen molar-refractivity contribution in [1.82, 2.24) is 14.5 Å². The molecule has 0 fully saturated rings. The van der Waals surface area contributed by atoms with Crippen LogP contribution >= 0.6 is 11.6 Å². The summed E-state index contributed by atoms with van der Waals surface area (Å²) in [5.74, 6) is 0. The van der Waals surface area contributed by atoms with E-state index >= 15 is 0 Å². The highest BCUT2D eigenvalue weighted by atomic mass is 35.5. The van der Waals surface area contributed by atoms with Crippen molar-refractivity contribution in [3.8, 4) is 0 Å². The van der Waals surface area contributed by atoms with Crippen molar-refractivity contribution in [3.63, 3.8) is 0 Å². The molecule has 5 nitrogen and oxygen atoms in total. The first kappa shape index (κ1) is 13.0. The molecule has 1 N–H and O–H groups in total. The van der Waals surface area contributed by atoms with E-state index in [2.05, 4.69) is 4.98 Å². The van der Waals surface area contributed by atoms with Gasteiger partial charge in [0.2, 0.25) is 0 Å². The van der Waals surface area contributed by atoms with Gasteiger partial charge in [-0.2, -0.15) is 0 Å². The van der Waals surface area contributed by atoms with Gasteiger partial charge in [0.25, 0.3) is 5.56 Å². The largest absolute Gasteiger partial charge is 0.329 e. The predicted molar refractivity (Wildman–Crippen MR) is 64.2 cm³/mol. The van der Waals surface area contributed by atoms with Gasteiger partial charge in [0, 0.05) is 18.7 Å². The SMILES string of the molecule is CCN(C)CCn1c(=O)[nH]c(Cl)c(C)c1=O. The van der Waals surface area contributed by atoms with E-state index in [1.165, 1.54) is 4.57 Å². The molecule has 1 aromatic heterocycles. The van der Waals surface area contributed by atoms with Crippen LogP contribution in [0.4, 0.5) is 0 Å². The number of aromatic amines is 1. The summed E-state index contributed by atoms with van der Waals surface area (Å²) in [6.45, 7) is 5.51. The first-order valence-corrected chi connectivity index (χ1v) is 5.53. The summed E-state index contributed by atoms with van der Waals surface area (Å²) < 4.78 is 1.17. The highest BCUT2D eigenvalue weighted by molar-refractivity contribution is 6.30. The fraction of sp³-hybridized carbons (Fsp3) is 0.600. The lowest BCUT2D eigenvalue weighted by Gasteiger charge is -2.14. The molecule has 0 aromatic carbocycles. The lowest BCUT2D eigenvalue weighted by atomic mass is 10.4. The molecule has 0 spiro atoms. The standard InChI is InChI=1S/C10H16ClN3O2/c1-4-13(3)5-6-14-9(15)7(2)8(11)12-10(14)16/h4-6H2,1-3H3,(H,12,16). The Morgan fingerprint density at radius 2 is 2.06 bits per heavy atom. The molecular formula is C10H16ClN3O2. The Kier molecular flexibility index (Phi) is 4.32. The van der Waals surface area contributed by atoms with Crippen LogP contribution in [0.2, 0.25) is 5.15 Å². The fourth-order valence-corrected chi connectivity index (χ4v) is 1.44. The third-order valence-corrected chi connectivity index (χ3v) is 2.98. The van der Waals surface area contributed by atoms with E-state index in [0.29, 0.717) is 18.7 Å². The van der Waals surface area contributed by atoms with E-state index in [1.807, 2.05) is 18.9 Å². The van der Waals surface area contributed by atoms with Crippen molar-refractivity contribution in [2.24, 2.45) is 0 Å². The topological polar surface area (TPSA) is 58.1 Å². The van der Waals surface area contributed by atoms with Crippen LogP contribution in [-0.2, 0) is 6.54 Å². The van der Waals surface area contributed by atoms with E-state index in [1.54, 1.807) is 6.92 Å². The van der Waals surface area contributed by atoms with Crippen LogP contribution in [0.5, 0.6) is 0 Å². The zero-order valence-electron chi connectivity index (χ0n) is 9.71. The van der Waals surface area contributed by atoms with Crippen LogP contribution in [-0.4, -0.2) is 34.6 Å². The smallest absolute Gasteiger partial charge is 0.305 e. The molecule has 0 aliphatic rings. The molecule has 90 valence electrons. The van der Waals surface area contributed by atoms with Gasteiger partial charge in [-0.25, -0.2) is 4.79 Å². The van der Waals surface area contributed by atoms with Gasteiger partial charge in [0.05, 0.1) is 0 Å². The third-order valence-electron chi connectivity index (χ3n) is 2.60. The number of nitrogens with zero attached hydrogens (tertiary/aromatic N) is 2. The van der Waals surface area contributed by atoms with Gasteiger partial charge in [0.15, 0.2) is 0 Å². The average molecular weight is 246 g/mol. The molecule has 16 heavy (non-hydrogen) atoms. The maximum absolute atomic E-state index is 11.8. The number of rotatable bonds is 4. The first-order chi connectivity index (χ1) is 7.47. The summed E-state index contributed by atoms with van der Waals surface area (Å²) in [5.41, 5.74) is -0.399. The normalized spacial score (nSPS) is 11.1. The molecule has 0 amide bonds. The van der Waals surface area contributed by atoms with Gasteiger partial charge in [-0.1, -0.05) is 18.5 Å². The number of H-pyrrole nitrogens is 1. The molecule has 0 aliphatic carbocycles. The fourth-order valence-electron chi connectivity index (χ4n) is 1.28. The third kappa shape index (κ3) is 2.74. The Labute approximate surface area is 98.7 Å². The molecule has 0 saturated carbocycles. The molecule has 0 saturated heterocycles. The van der Waals surface area contributed by atoms with Crippen molar-refractivity contribution in [1.29, 1.82) is 0 Å². The number of aromatic nitrogens is 2. The summed E-state index contributed by atoms with van der Waals surface area (Å²) in [5, 5.41) is 0.120. The van der Waals surface area contributed by atoms with Crippen LogP contribution in [0.3, 0.4) is 0 Å². The molecule has 1 rings (SSSR count). The molecule has 0 radical (unpaired) electrons. The molecule has 1 heterocycles. The Hall–Kier alpha value is -1.07. The zero-order valence-corrected chi connectivity index (χ0v) is 10.5. The second-order valence-corrected chi connectivity index (χ2v) is 4.10. The molecule has 0 atom stereocenters. The highest BCUT2D eigenvalue weighted by Gasteiger charge is 2.08. The van der Waals surface area contributed by atoms with Gasteiger partial charge in [0.1, 0.15) is 5.15 Å². The van der Waals surface area contributed by atoms with Gasteiger partial charge in [-0.3, -0.25) is 14.3 Å². The van der Waals surface area contributed by atoms with Crippen LogP contribution in [0.15, 0.2) is 9.59 Å². The Bertz CT molecular complexity index is 478. The maximum Gasteiger partial charge on any atom is 0.329 e. The monoisotopic (exact) mass is 245 g/mol. The number of halogens is 1. The van der Waals surface area contributed by atoms with Crippen LogP contribution in [0.1, 0.15) is 12.5 Å². The summed E-state index contributed by atoms with van der Waals surface area (Å²) in [6.07, 6.45) is 0. The molecule has 1 aromatic rings. The van der Waals surface area contributed by atoms with Crippen molar-refractivity contribution in [2.45, 2.75) is 20.4 Å². The molecule has 0 aliphatic heterocycles. The number of nitrogens with one attached hydrogen (secondary N) is 1. The lowest BCUT2D eigenvalue weighted by molar-refractivity contribution is 0.330. The van der Waals surface area contributed by atoms with E-state index in [9.17, 15) is 9.59 Å². The van der Waals surface area contributed by atoms with Crippen molar-refractivity contribution < 1.29 is 0 Å². The van der Waals surface area contributed by atoms with Gasteiger partial charge < -0.3 is 4.90 Å². The summed E-state index contributed by atoms with van der Waals surface area (Å²) in [4.78, 5) is 27.7. The predicted octanol–water partition coefficient (Wildman–Crippen LogP) is 0.450. The van der Waals surface area contributed by atoms with Crippen molar-refractivity contribution in [3.05, 3.63) is 31.6 Å². The van der Waals surface area contributed by atoms with Crippen molar-refractivity contribution in [2.75, 3.05) is 20.1 Å². The van der Waals surface area contributed by atoms with Crippen molar-refractivity contribution >= 4 is 11.6 Å². The van der Waals surface area contributed by atoms with Crippen LogP contribution in [0, 0.1) is 6.92 Å². The number of hydrogen-bond acceptors (Lipinski definition) is 3. The minimum absolute atomic E-state index is 0.120. The number of hydrogen-bond donors (Lipinski definition) is 1. The average Bonchev–Trinajstić information content (AvgIpc) is 2.25. The summed E-state index contributed by atoms with van der Waals surface area (Å²) >= 11 is 5.70. The van der Waals surface area contributed by atoms with E-state index in [-0.39, 0.29) is 10.7 Å². The Morgan fingerprint density at radius 1 is 1.44 bits per heavy atom. The van der Waals surface area contributed by atoms with E-state index in [4.69, 9.17) is 11.6 Å². The van der Waals surface area contributed by atoms with Crippen LogP contribution < -0.4 is 11.2 Å². The zero-order chi connectivity index (χ0) is 12.3. The maximum atomic E-state index is 11.8. The second kappa shape index (κ2) is 5.32. The second-order valence-electron chi connectivity index (χ2n) is 3.72. The van der Waals surface area contributed by atoms with Gasteiger partial charge in [-0.05, 0) is 20.5 Å². The first-order valence-electron chi connectivity index (χ1n) is 5.15. The Balaban J connectivity index is 3.02. The molecule has 0 bridgehead atoms. The lowest BCUT2D eigenvalue weighted by Crippen LogP contribution is -2.39. The highest BCUT2D eigenvalue weighted by Crippen LogP contribution is 2.02. The summed E-state index contributed by atoms with van der Waals surface area (Å²) in [7, 11) is 1.93. The minimum Gasteiger partial charge on any atom is -0.305 e. The number of likely N-dealkylation sites (N-methyl/N-ethyl adjacent to an activating group) is 1. The van der Waals surface area contributed by atoms with E-state index in [0.717, 1.165) is 6.54 Å². The van der Waals surface area contributed by atoms with Crippen LogP contribution in [0.25, 0.3) is 0 Å². The Morgan fingerprint density at radius 3 is 2.62 bits per heavy atom. The van der Waals surface area contributed by atoms with E-state index < -0.39 is 5.69 Å². The molecule has 0 unspecified atom stereocenters. The molecular weight excluding hydrogens is 230 g/mol.